The van der Waals surface area contributed by atoms with Crippen LogP contribution in [0.5, 0.6) is 5.75 Å². The third kappa shape index (κ3) is 5.11. The molecule has 1 aromatic rings. The number of anilines is 1. The van der Waals surface area contributed by atoms with Gasteiger partial charge in [0.1, 0.15) is 5.75 Å². The van der Waals surface area contributed by atoms with Crippen molar-refractivity contribution in [3.05, 3.63) is 24.3 Å². The van der Waals surface area contributed by atoms with Crippen LogP contribution in [0.4, 0.5) is 5.69 Å². The zero-order valence-corrected chi connectivity index (χ0v) is 12.1. The Kier molecular flexibility index (Phi) is 5.08. The van der Waals surface area contributed by atoms with Crippen molar-refractivity contribution >= 4 is 5.69 Å². The summed E-state index contributed by atoms with van der Waals surface area (Å²) in [5.74, 6) is 1.87. The van der Waals surface area contributed by atoms with Gasteiger partial charge in [-0.25, -0.2) is 0 Å². The molecule has 0 aliphatic heterocycles. The van der Waals surface area contributed by atoms with Crippen molar-refractivity contribution in [3.63, 3.8) is 0 Å². The molecule has 1 aliphatic carbocycles. The predicted molar refractivity (Wildman–Crippen MR) is 80.4 cm³/mol. The number of nitrogens with two attached hydrogens (primary N) is 1. The first-order chi connectivity index (χ1) is 9.15. The van der Waals surface area contributed by atoms with E-state index >= 15 is 0 Å². The molecular formula is C16H26N2O. The van der Waals surface area contributed by atoms with Crippen LogP contribution < -0.4 is 10.5 Å². The Hall–Kier alpha value is -1.22. The maximum absolute atomic E-state index is 5.73. The first-order valence-corrected chi connectivity index (χ1v) is 7.37. The van der Waals surface area contributed by atoms with Crippen LogP contribution in [-0.2, 0) is 0 Å². The number of hydrogen-bond acceptors (Lipinski definition) is 3. The standard InChI is InChI=1S/C16H26N2O/c1-13(2)18(12-14-4-5-14)10-3-11-19-16-8-6-15(17)7-9-16/h6-9,13-14H,3-5,10-12,17H2,1-2H3. The van der Waals surface area contributed by atoms with Gasteiger partial charge in [0, 0.05) is 24.8 Å². The summed E-state index contributed by atoms with van der Waals surface area (Å²) < 4.78 is 5.73. The molecule has 0 heterocycles. The van der Waals surface area contributed by atoms with Gasteiger partial charge in [0.25, 0.3) is 0 Å². The van der Waals surface area contributed by atoms with Crippen molar-refractivity contribution in [2.24, 2.45) is 5.92 Å². The largest absolute Gasteiger partial charge is 0.494 e. The number of nitrogen functional groups attached to an aromatic ring is 1. The number of nitrogens with zero attached hydrogens (tertiary/aromatic N) is 1. The summed E-state index contributed by atoms with van der Waals surface area (Å²) in [6.07, 6.45) is 3.92. The monoisotopic (exact) mass is 262 g/mol. The Morgan fingerprint density at radius 3 is 2.53 bits per heavy atom. The Balaban J connectivity index is 1.65. The normalized spacial score (nSPS) is 15.2. The average molecular weight is 262 g/mol. The van der Waals surface area contributed by atoms with Crippen molar-refractivity contribution < 1.29 is 4.74 Å². The second kappa shape index (κ2) is 6.80. The van der Waals surface area contributed by atoms with E-state index in [1.807, 2.05) is 24.3 Å². The molecule has 0 saturated heterocycles. The average Bonchev–Trinajstić information content (AvgIpc) is 3.19. The molecule has 2 N–H and O–H groups in total. The Bertz CT molecular complexity index is 371. The highest BCUT2D eigenvalue weighted by Gasteiger charge is 2.25. The third-order valence-corrected chi connectivity index (χ3v) is 3.66. The molecule has 19 heavy (non-hydrogen) atoms. The van der Waals surface area contributed by atoms with Gasteiger partial charge in [-0.05, 0) is 63.3 Å². The summed E-state index contributed by atoms with van der Waals surface area (Å²) in [5, 5.41) is 0. The number of rotatable bonds is 8. The molecular weight excluding hydrogens is 236 g/mol. The van der Waals surface area contributed by atoms with Crippen LogP contribution in [0.25, 0.3) is 0 Å². The predicted octanol–water partition coefficient (Wildman–Crippen LogP) is 3.16. The van der Waals surface area contributed by atoms with Gasteiger partial charge >= 0.3 is 0 Å². The van der Waals surface area contributed by atoms with E-state index in [1.54, 1.807) is 0 Å². The minimum atomic E-state index is 0.636. The van der Waals surface area contributed by atoms with Gasteiger partial charge in [-0.2, -0.15) is 0 Å². The summed E-state index contributed by atoms with van der Waals surface area (Å²) in [5.41, 5.74) is 6.42. The molecule has 0 radical (unpaired) electrons. The van der Waals surface area contributed by atoms with Crippen LogP contribution in [0.2, 0.25) is 0 Å². The van der Waals surface area contributed by atoms with Crippen LogP contribution >= 0.6 is 0 Å². The van der Waals surface area contributed by atoms with Crippen molar-refractivity contribution in [1.82, 2.24) is 4.90 Å². The van der Waals surface area contributed by atoms with Gasteiger partial charge in [-0.3, -0.25) is 0 Å². The van der Waals surface area contributed by atoms with Gasteiger partial charge in [-0.15, -0.1) is 0 Å². The van der Waals surface area contributed by atoms with E-state index < -0.39 is 0 Å². The summed E-state index contributed by atoms with van der Waals surface area (Å²) in [6, 6.07) is 8.25. The van der Waals surface area contributed by atoms with E-state index in [9.17, 15) is 0 Å². The fourth-order valence-corrected chi connectivity index (χ4v) is 2.21. The number of hydrogen-bond donors (Lipinski definition) is 1. The van der Waals surface area contributed by atoms with E-state index in [1.165, 1.54) is 19.4 Å². The van der Waals surface area contributed by atoms with Gasteiger partial charge < -0.3 is 15.4 Å². The van der Waals surface area contributed by atoms with Gasteiger partial charge in [-0.1, -0.05) is 0 Å². The summed E-state index contributed by atoms with van der Waals surface area (Å²) >= 11 is 0. The molecule has 0 amide bonds. The highest BCUT2D eigenvalue weighted by atomic mass is 16.5. The third-order valence-electron chi connectivity index (χ3n) is 3.66. The van der Waals surface area contributed by atoms with Crippen molar-refractivity contribution in [1.29, 1.82) is 0 Å². The van der Waals surface area contributed by atoms with E-state index in [2.05, 4.69) is 18.7 Å². The highest BCUT2D eigenvalue weighted by molar-refractivity contribution is 5.41. The maximum Gasteiger partial charge on any atom is 0.119 e. The van der Waals surface area contributed by atoms with Crippen molar-refractivity contribution in [3.8, 4) is 5.75 Å². The Morgan fingerprint density at radius 2 is 1.95 bits per heavy atom. The van der Waals surface area contributed by atoms with Crippen molar-refractivity contribution in [2.75, 3.05) is 25.4 Å². The molecule has 3 nitrogen and oxygen atoms in total. The van der Waals surface area contributed by atoms with Crippen LogP contribution in [0.3, 0.4) is 0 Å². The lowest BCUT2D eigenvalue weighted by Gasteiger charge is -2.26. The Labute approximate surface area is 116 Å². The lowest BCUT2D eigenvalue weighted by atomic mass is 10.2. The quantitative estimate of drug-likeness (QED) is 0.578. The van der Waals surface area contributed by atoms with Crippen LogP contribution in [-0.4, -0.2) is 30.6 Å². The lowest BCUT2D eigenvalue weighted by molar-refractivity contribution is 0.191. The van der Waals surface area contributed by atoms with Gasteiger partial charge in [0.2, 0.25) is 0 Å². The summed E-state index contributed by atoms with van der Waals surface area (Å²) in [4.78, 5) is 2.57. The molecule has 0 aromatic heterocycles. The van der Waals surface area contributed by atoms with Crippen LogP contribution in [0, 0.1) is 5.92 Å². The van der Waals surface area contributed by atoms with Gasteiger partial charge in [0.05, 0.1) is 6.61 Å². The zero-order valence-electron chi connectivity index (χ0n) is 12.1. The second-order valence-corrected chi connectivity index (χ2v) is 5.80. The zero-order chi connectivity index (χ0) is 13.7. The molecule has 0 bridgehead atoms. The first-order valence-electron chi connectivity index (χ1n) is 7.37. The van der Waals surface area contributed by atoms with E-state index in [0.717, 1.165) is 36.9 Å². The van der Waals surface area contributed by atoms with Crippen LogP contribution in [0.15, 0.2) is 24.3 Å². The second-order valence-electron chi connectivity index (χ2n) is 5.80. The van der Waals surface area contributed by atoms with Gasteiger partial charge in [0.15, 0.2) is 0 Å². The molecule has 1 saturated carbocycles. The topological polar surface area (TPSA) is 38.5 Å². The number of ether oxygens (including phenoxy) is 1. The fourth-order valence-electron chi connectivity index (χ4n) is 2.21. The molecule has 0 unspecified atom stereocenters. The van der Waals surface area contributed by atoms with E-state index in [4.69, 9.17) is 10.5 Å². The van der Waals surface area contributed by atoms with E-state index in [0.29, 0.717) is 6.04 Å². The molecule has 0 atom stereocenters. The SMILES string of the molecule is CC(C)N(CCCOc1ccc(N)cc1)CC1CC1. The lowest BCUT2D eigenvalue weighted by Crippen LogP contribution is -2.34. The molecule has 0 spiro atoms. The molecule has 106 valence electrons. The first kappa shape index (κ1) is 14.2. The fraction of sp³-hybridized carbons (Fsp3) is 0.625. The summed E-state index contributed by atoms with van der Waals surface area (Å²) in [7, 11) is 0. The highest BCUT2D eigenvalue weighted by Crippen LogP contribution is 2.30. The van der Waals surface area contributed by atoms with Crippen LogP contribution in [0.1, 0.15) is 33.1 Å². The maximum atomic E-state index is 5.73. The van der Waals surface area contributed by atoms with Crippen molar-refractivity contribution in [2.45, 2.75) is 39.2 Å². The molecule has 1 fully saturated rings. The smallest absolute Gasteiger partial charge is 0.119 e. The summed E-state index contributed by atoms with van der Waals surface area (Å²) in [6.45, 7) is 7.73. The molecule has 1 aliphatic rings. The van der Waals surface area contributed by atoms with E-state index in [-0.39, 0.29) is 0 Å². The number of benzene rings is 1. The molecule has 2 rings (SSSR count). The minimum Gasteiger partial charge on any atom is -0.494 e. The molecule has 1 aromatic carbocycles. The molecule has 3 heteroatoms. The Morgan fingerprint density at radius 1 is 1.26 bits per heavy atom. The minimum absolute atomic E-state index is 0.636.